The number of nitrogens with two attached hydrogens (primary N) is 1. The van der Waals surface area contributed by atoms with Gasteiger partial charge in [-0.1, -0.05) is 49.4 Å². The van der Waals surface area contributed by atoms with Gasteiger partial charge in [-0.15, -0.1) is 0 Å². The van der Waals surface area contributed by atoms with E-state index in [-0.39, 0.29) is 0 Å². The van der Waals surface area contributed by atoms with Crippen molar-refractivity contribution in [2.75, 3.05) is 17.3 Å². The van der Waals surface area contributed by atoms with Gasteiger partial charge in [-0.05, 0) is 24.3 Å². The van der Waals surface area contributed by atoms with Gasteiger partial charge < -0.3 is 10.7 Å². The van der Waals surface area contributed by atoms with E-state index in [1.165, 1.54) is 32.1 Å². The van der Waals surface area contributed by atoms with Gasteiger partial charge in [0, 0.05) is 6.54 Å². The molecule has 0 atom stereocenters. The van der Waals surface area contributed by atoms with Crippen LogP contribution in [0.25, 0.3) is 0 Å². The zero-order valence-corrected chi connectivity index (χ0v) is 12.6. The lowest BCUT2D eigenvalue weighted by Gasteiger charge is -2.34. The molecule has 1 aromatic heterocycles. The van der Waals surface area contributed by atoms with E-state index >= 15 is 0 Å². The SMILES string of the molecule is CC1(CNc2nc(NN)c(Cl)cc2Cl)CCCCC1. The third kappa shape index (κ3) is 3.65. The highest BCUT2D eigenvalue weighted by atomic mass is 35.5. The Kier molecular flexibility index (Phi) is 4.76. The zero-order valence-electron chi connectivity index (χ0n) is 11.1. The average Bonchev–Trinajstić information content (AvgIpc) is 2.39. The normalized spacial score (nSPS) is 18.1. The summed E-state index contributed by atoms with van der Waals surface area (Å²) in [4.78, 5) is 4.29. The molecule has 4 nitrogen and oxygen atoms in total. The maximum absolute atomic E-state index is 6.14. The highest BCUT2D eigenvalue weighted by molar-refractivity contribution is 6.37. The molecule has 0 bridgehead atoms. The summed E-state index contributed by atoms with van der Waals surface area (Å²) in [5.74, 6) is 6.43. The molecule has 1 aliphatic rings. The maximum atomic E-state index is 6.14. The van der Waals surface area contributed by atoms with Crippen molar-refractivity contribution < 1.29 is 0 Å². The van der Waals surface area contributed by atoms with E-state index in [0.717, 1.165) is 6.54 Å². The van der Waals surface area contributed by atoms with Crippen LogP contribution >= 0.6 is 23.2 Å². The molecule has 0 saturated heterocycles. The summed E-state index contributed by atoms with van der Waals surface area (Å²) < 4.78 is 0. The number of halogens is 2. The number of anilines is 2. The summed E-state index contributed by atoms with van der Waals surface area (Å²) in [6.45, 7) is 3.18. The van der Waals surface area contributed by atoms with Crippen molar-refractivity contribution in [1.82, 2.24) is 4.98 Å². The Morgan fingerprint density at radius 2 is 1.84 bits per heavy atom. The first-order chi connectivity index (χ1) is 9.04. The lowest BCUT2D eigenvalue weighted by Crippen LogP contribution is -2.29. The average molecular weight is 303 g/mol. The molecule has 6 heteroatoms. The minimum Gasteiger partial charge on any atom is -0.368 e. The molecule has 1 saturated carbocycles. The summed E-state index contributed by atoms with van der Waals surface area (Å²) in [6.07, 6.45) is 6.43. The van der Waals surface area contributed by atoms with Crippen LogP contribution in [-0.4, -0.2) is 11.5 Å². The van der Waals surface area contributed by atoms with E-state index in [2.05, 4.69) is 22.7 Å². The largest absolute Gasteiger partial charge is 0.368 e. The van der Waals surface area contributed by atoms with Crippen LogP contribution in [0.2, 0.25) is 10.0 Å². The number of rotatable bonds is 4. The number of nitrogen functional groups attached to an aromatic ring is 1. The third-order valence-electron chi connectivity index (χ3n) is 3.81. The highest BCUT2D eigenvalue weighted by Crippen LogP contribution is 2.36. The quantitative estimate of drug-likeness (QED) is 0.580. The van der Waals surface area contributed by atoms with Crippen LogP contribution in [0.3, 0.4) is 0 Å². The summed E-state index contributed by atoms with van der Waals surface area (Å²) in [6, 6.07) is 1.65. The number of hydrogen-bond acceptors (Lipinski definition) is 4. The predicted octanol–water partition coefficient (Wildman–Crippen LogP) is 4.06. The topological polar surface area (TPSA) is 63.0 Å². The number of hydrazine groups is 1. The second-order valence-electron chi connectivity index (χ2n) is 5.52. The fourth-order valence-electron chi connectivity index (χ4n) is 2.57. The van der Waals surface area contributed by atoms with Crippen LogP contribution in [0.4, 0.5) is 11.6 Å². The van der Waals surface area contributed by atoms with Gasteiger partial charge >= 0.3 is 0 Å². The maximum Gasteiger partial charge on any atom is 0.161 e. The van der Waals surface area contributed by atoms with Crippen molar-refractivity contribution in [1.29, 1.82) is 0 Å². The van der Waals surface area contributed by atoms with Gasteiger partial charge in [0.25, 0.3) is 0 Å². The van der Waals surface area contributed by atoms with E-state index in [1.54, 1.807) is 6.07 Å². The highest BCUT2D eigenvalue weighted by Gasteiger charge is 2.26. The molecule has 1 aromatic rings. The molecule has 1 aliphatic carbocycles. The lowest BCUT2D eigenvalue weighted by molar-refractivity contribution is 0.233. The van der Waals surface area contributed by atoms with Crippen molar-refractivity contribution in [3.8, 4) is 0 Å². The van der Waals surface area contributed by atoms with Gasteiger partial charge in [0.1, 0.15) is 5.82 Å². The molecular formula is C13H20Cl2N4. The Morgan fingerprint density at radius 3 is 2.47 bits per heavy atom. The van der Waals surface area contributed by atoms with Crippen molar-refractivity contribution in [2.24, 2.45) is 11.3 Å². The molecule has 0 aromatic carbocycles. The minimum absolute atomic E-state index is 0.319. The van der Waals surface area contributed by atoms with Crippen LogP contribution in [-0.2, 0) is 0 Å². The van der Waals surface area contributed by atoms with Crippen LogP contribution in [0.15, 0.2) is 6.07 Å². The van der Waals surface area contributed by atoms with Gasteiger partial charge in [0.2, 0.25) is 0 Å². The van der Waals surface area contributed by atoms with Gasteiger partial charge in [0.15, 0.2) is 5.82 Å². The van der Waals surface area contributed by atoms with Crippen molar-refractivity contribution in [2.45, 2.75) is 39.0 Å². The van der Waals surface area contributed by atoms with E-state index < -0.39 is 0 Å². The second-order valence-corrected chi connectivity index (χ2v) is 6.33. The molecule has 1 fully saturated rings. The Balaban J connectivity index is 2.06. The van der Waals surface area contributed by atoms with Crippen molar-refractivity contribution in [3.63, 3.8) is 0 Å². The monoisotopic (exact) mass is 302 g/mol. The minimum atomic E-state index is 0.319. The first kappa shape index (κ1) is 14.7. The second kappa shape index (κ2) is 6.16. The molecule has 0 spiro atoms. The number of pyridine rings is 1. The predicted molar refractivity (Wildman–Crippen MR) is 81.7 cm³/mol. The van der Waals surface area contributed by atoms with E-state index in [0.29, 0.717) is 27.1 Å². The lowest BCUT2D eigenvalue weighted by atomic mass is 9.76. The first-order valence-corrected chi connectivity index (χ1v) is 7.36. The molecule has 106 valence electrons. The van der Waals surface area contributed by atoms with Crippen LogP contribution in [0.1, 0.15) is 39.0 Å². The summed E-state index contributed by atoms with van der Waals surface area (Å²) in [5.41, 5.74) is 2.79. The Labute approximate surface area is 124 Å². The number of aromatic nitrogens is 1. The third-order valence-corrected chi connectivity index (χ3v) is 4.39. The summed E-state index contributed by atoms with van der Waals surface area (Å²) in [7, 11) is 0. The molecule has 0 unspecified atom stereocenters. The van der Waals surface area contributed by atoms with Gasteiger partial charge in [-0.2, -0.15) is 0 Å². The Morgan fingerprint density at radius 1 is 1.21 bits per heavy atom. The van der Waals surface area contributed by atoms with Gasteiger partial charge in [0.05, 0.1) is 10.0 Å². The standard InChI is InChI=1S/C13H20Cl2N4/c1-13(5-3-2-4-6-13)8-17-11-9(14)7-10(15)12(18-11)19-16/h7H,2-6,8,16H2,1H3,(H2,17,18,19). The molecule has 19 heavy (non-hydrogen) atoms. The van der Waals surface area contributed by atoms with Gasteiger partial charge in [-0.25, -0.2) is 10.8 Å². The molecular weight excluding hydrogens is 283 g/mol. The number of nitrogens with zero attached hydrogens (tertiary/aromatic N) is 1. The molecule has 4 N–H and O–H groups in total. The van der Waals surface area contributed by atoms with Crippen LogP contribution in [0.5, 0.6) is 0 Å². The van der Waals surface area contributed by atoms with Crippen LogP contribution < -0.4 is 16.6 Å². The fraction of sp³-hybridized carbons (Fsp3) is 0.615. The molecule has 0 radical (unpaired) electrons. The van der Waals surface area contributed by atoms with E-state index in [4.69, 9.17) is 29.0 Å². The van der Waals surface area contributed by atoms with Crippen molar-refractivity contribution in [3.05, 3.63) is 16.1 Å². The number of hydrogen-bond donors (Lipinski definition) is 3. The smallest absolute Gasteiger partial charge is 0.161 e. The Hall–Kier alpha value is -0.710. The molecule has 0 amide bonds. The zero-order chi connectivity index (χ0) is 13.9. The molecule has 2 rings (SSSR count). The summed E-state index contributed by atoms with van der Waals surface area (Å²) in [5, 5.41) is 4.26. The van der Waals surface area contributed by atoms with Crippen LogP contribution in [0, 0.1) is 5.41 Å². The number of nitrogens with one attached hydrogen (secondary N) is 2. The van der Waals surface area contributed by atoms with E-state index in [9.17, 15) is 0 Å². The van der Waals surface area contributed by atoms with Gasteiger partial charge in [-0.3, -0.25) is 0 Å². The Bertz CT molecular complexity index is 445. The van der Waals surface area contributed by atoms with Crippen molar-refractivity contribution >= 4 is 34.8 Å². The van der Waals surface area contributed by atoms with E-state index in [1.807, 2.05) is 0 Å². The molecule has 1 heterocycles. The fourth-order valence-corrected chi connectivity index (χ4v) is 3.05. The molecule has 0 aliphatic heterocycles. The first-order valence-electron chi connectivity index (χ1n) is 6.61. The summed E-state index contributed by atoms with van der Waals surface area (Å²) >= 11 is 12.1.